The Kier molecular flexibility index (Phi) is 8.10. The lowest BCUT2D eigenvalue weighted by Crippen LogP contribution is -2.57. The summed E-state index contributed by atoms with van der Waals surface area (Å²) in [5, 5.41) is 10.9. The molecule has 37 heavy (non-hydrogen) atoms. The van der Waals surface area contributed by atoms with Crippen LogP contribution in [-0.4, -0.2) is 32.5 Å². The number of hydrogen-bond donors (Lipinski definition) is 1. The third-order valence-corrected chi connectivity index (χ3v) is 7.79. The summed E-state index contributed by atoms with van der Waals surface area (Å²) in [7, 11) is 0. The third-order valence-electron chi connectivity index (χ3n) is 7.30. The van der Waals surface area contributed by atoms with Crippen LogP contribution in [0.15, 0.2) is 77.7 Å². The van der Waals surface area contributed by atoms with Gasteiger partial charge in [-0.25, -0.2) is 0 Å². The molecule has 6 nitrogen and oxygen atoms in total. The van der Waals surface area contributed by atoms with E-state index >= 15 is 0 Å². The van der Waals surface area contributed by atoms with E-state index in [1.54, 1.807) is 48.0 Å². The minimum absolute atomic E-state index is 0.159. The highest BCUT2D eigenvalue weighted by Crippen LogP contribution is 2.52. The first-order chi connectivity index (χ1) is 17.6. The van der Waals surface area contributed by atoms with Crippen LogP contribution in [-0.2, 0) is 16.1 Å². The van der Waals surface area contributed by atoms with E-state index < -0.39 is 17.4 Å². The van der Waals surface area contributed by atoms with E-state index in [1.165, 1.54) is 6.07 Å². The van der Waals surface area contributed by atoms with Crippen molar-refractivity contribution in [3.05, 3.63) is 104 Å². The predicted octanol–water partition coefficient (Wildman–Crippen LogP) is 6.17. The molecule has 1 N–H and O–H groups in total. The van der Waals surface area contributed by atoms with Crippen molar-refractivity contribution in [2.45, 2.75) is 57.7 Å². The SMILES string of the molecule is CCC(Cn1ccccc1=O)N1C(=O)C(C)(CC(=O)O)CC(c2cccc(Cl)c2)C1c1ccc(Cl)cc1. The molecule has 0 saturated carbocycles. The minimum atomic E-state index is -1.14. The molecule has 1 aromatic heterocycles. The summed E-state index contributed by atoms with van der Waals surface area (Å²) in [5.74, 6) is -1.50. The molecular formula is C29H30Cl2N2O4. The molecule has 0 aliphatic carbocycles. The van der Waals surface area contributed by atoms with Crippen molar-refractivity contribution in [2.75, 3.05) is 0 Å². The van der Waals surface area contributed by atoms with Gasteiger partial charge in [0.1, 0.15) is 0 Å². The Bertz CT molecular complexity index is 1340. The van der Waals surface area contributed by atoms with Gasteiger partial charge in [0.2, 0.25) is 5.91 Å². The number of pyridine rings is 1. The van der Waals surface area contributed by atoms with E-state index in [2.05, 4.69) is 0 Å². The highest BCUT2D eigenvalue weighted by atomic mass is 35.5. The lowest BCUT2D eigenvalue weighted by molar-refractivity contribution is -0.161. The van der Waals surface area contributed by atoms with Crippen LogP contribution in [0.25, 0.3) is 0 Å². The first-order valence-corrected chi connectivity index (χ1v) is 13.1. The Balaban J connectivity index is 1.91. The number of halogens is 2. The van der Waals surface area contributed by atoms with Gasteiger partial charge in [-0.3, -0.25) is 14.4 Å². The number of likely N-dealkylation sites (tertiary alicyclic amines) is 1. The second-order valence-electron chi connectivity index (χ2n) is 9.96. The second-order valence-corrected chi connectivity index (χ2v) is 10.8. The standard InChI is InChI=1S/C29H30Cl2N2O4/c1-3-23(18-32-14-5-4-9-25(32)34)33-27(19-10-12-21(30)13-11-19)24(20-7-6-8-22(31)15-20)16-29(2,28(33)37)17-26(35)36/h4-15,23-24,27H,3,16-18H2,1-2H3,(H,35,36). The number of hydrogen-bond acceptors (Lipinski definition) is 3. The molecule has 0 bridgehead atoms. The molecule has 3 aromatic rings. The molecular weight excluding hydrogens is 511 g/mol. The molecule has 1 saturated heterocycles. The Morgan fingerprint density at radius 3 is 2.38 bits per heavy atom. The molecule has 1 fully saturated rings. The maximum Gasteiger partial charge on any atom is 0.304 e. The van der Waals surface area contributed by atoms with Gasteiger partial charge < -0.3 is 14.6 Å². The van der Waals surface area contributed by atoms with Gasteiger partial charge in [-0.1, -0.05) is 67.4 Å². The van der Waals surface area contributed by atoms with Gasteiger partial charge in [0.05, 0.1) is 23.9 Å². The van der Waals surface area contributed by atoms with Gasteiger partial charge in [0, 0.05) is 34.8 Å². The summed E-state index contributed by atoms with van der Waals surface area (Å²) in [6.45, 7) is 3.99. The number of nitrogens with zero attached hydrogens (tertiary/aromatic N) is 2. The van der Waals surface area contributed by atoms with Gasteiger partial charge >= 0.3 is 5.97 Å². The number of carbonyl (C=O) groups is 2. The Labute approximate surface area is 226 Å². The van der Waals surface area contributed by atoms with Crippen LogP contribution in [0.5, 0.6) is 0 Å². The van der Waals surface area contributed by atoms with Crippen LogP contribution in [0.3, 0.4) is 0 Å². The summed E-state index contributed by atoms with van der Waals surface area (Å²) in [6, 6.07) is 19.1. The molecule has 0 spiro atoms. The maximum atomic E-state index is 14.3. The minimum Gasteiger partial charge on any atom is -0.481 e. The average Bonchev–Trinajstić information content (AvgIpc) is 2.85. The van der Waals surface area contributed by atoms with Crippen molar-refractivity contribution >= 4 is 35.1 Å². The molecule has 4 atom stereocenters. The number of carbonyl (C=O) groups excluding carboxylic acids is 1. The lowest BCUT2D eigenvalue weighted by atomic mass is 9.67. The number of piperidine rings is 1. The fourth-order valence-corrected chi connectivity index (χ4v) is 5.86. The number of rotatable bonds is 8. The zero-order valence-corrected chi connectivity index (χ0v) is 22.3. The smallest absolute Gasteiger partial charge is 0.304 e. The highest BCUT2D eigenvalue weighted by Gasteiger charge is 2.52. The summed E-state index contributed by atoms with van der Waals surface area (Å²) in [6.07, 6.45) is 2.32. The van der Waals surface area contributed by atoms with Crippen molar-refractivity contribution in [3.63, 3.8) is 0 Å². The quantitative estimate of drug-likeness (QED) is 0.370. The van der Waals surface area contributed by atoms with Crippen molar-refractivity contribution in [1.82, 2.24) is 9.47 Å². The zero-order chi connectivity index (χ0) is 26.7. The van der Waals surface area contributed by atoms with Crippen LogP contribution in [0.4, 0.5) is 0 Å². The Hall–Kier alpha value is -3.09. The number of aliphatic carboxylic acids is 1. The van der Waals surface area contributed by atoms with Gasteiger partial charge in [-0.15, -0.1) is 0 Å². The summed E-state index contributed by atoms with van der Waals surface area (Å²) in [4.78, 5) is 40.6. The molecule has 8 heteroatoms. The fraction of sp³-hybridized carbons (Fsp3) is 0.345. The molecule has 1 amide bonds. The number of carboxylic acids is 1. The van der Waals surface area contributed by atoms with E-state index in [1.807, 2.05) is 42.2 Å². The fourth-order valence-electron chi connectivity index (χ4n) is 5.53. The summed E-state index contributed by atoms with van der Waals surface area (Å²) in [5.41, 5.74) is 0.511. The normalized spacial score (nSPS) is 22.6. The van der Waals surface area contributed by atoms with Crippen molar-refractivity contribution in [1.29, 1.82) is 0 Å². The van der Waals surface area contributed by atoms with Crippen LogP contribution in [0.2, 0.25) is 10.0 Å². The van der Waals surface area contributed by atoms with E-state index in [9.17, 15) is 19.5 Å². The average molecular weight is 541 g/mol. The summed E-state index contributed by atoms with van der Waals surface area (Å²) >= 11 is 12.6. The molecule has 2 aromatic carbocycles. The maximum absolute atomic E-state index is 14.3. The Morgan fingerprint density at radius 2 is 1.76 bits per heavy atom. The molecule has 1 aliphatic heterocycles. The number of benzene rings is 2. The monoisotopic (exact) mass is 540 g/mol. The van der Waals surface area contributed by atoms with Crippen molar-refractivity contribution in [2.24, 2.45) is 5.41 Å². The van der Waals surface area contributed by atoms with Crippen molar-refractivity contribution < 1.29 is 14.7 Å². The molecule has 2 heterocycles. The van der Waals surface area contributed by atoms with E-state index in [-0.39, 0.29) is 36.4 Å². The van der Waals surface area contributed by atoms with Crippen LogP contribution in [0, 0.1) is 5.41 Å². The molecule has 194 valence electrons. The molecule has 4 unspecified atom stereocenters. The molecule has 4 rings (SSSR count). The van der Waals surface area contributed by atoms with Gasteiger partial charge in [0.25, 0.3) is 5.56 Å². The molecule has 1 aliphatic rings. The van der Waals surface area contributed by atoms with Crippen LogP contribution < -0.4 is 5.56 Å². The number of amides is 1. The predicted molar refractivity (Wildman–Crippen MR) is 145 cm³/mol. The van der Waals surface area contributed by atoms with Crippen LogP contribution >= 0.6 is 23.2 Å². The zero-order valence-electron chi connectivity index (χ0n) is 20.8. The van der Waals surface area contributed by atoms with Gasteiger partial charge in [0.15, 0.2) is 0 Å². The Morgan fingerprint density at radius 1 is 1.03 bits per heavy atom. The lowest BCUT2D eigenvalue weighted by Gasteiger charge is -2.52. The molecule has 0 radical (unpaired) electrons. The van der Waals surface area contributed by atoms with Gasteiger partial charge in [-0.2, -0.15) is 0 Å². The summed E-state index contributed by atoms with van der Waals surface area (Å²) < 4.78 is 1.60. The van der Waals surface area contributed by atoms with Gasteiger partial charge in [-0.05, 0) is 54.3 Å². The first-order valence-electron chi connectivity index (χ1n) is 12.3. The van der Waals surface area contributed by atoms with E-state index in [4.69, 9.17) is 23.2 Å². The van der Waals surface area contributed by atoms with Crippen molar-refractivity contribution in [3.8, 4) is 0 Å². The number of carboxylic acid groups (broad SMARTS) is 1. The largest absolute Gasteiger partial charge is 0.481 e. The van der Waals surface area contributed by atoms with E-state index in [0.29, 0.717) is 22.9 Å². The highest BCUT2D eigenvalue weighted by molar-refractivity contribution is 6.30. The first kappa shape index (κ1) is 27.0. The van der Waals surface area contributed by atoms with E-state index in [0.717, 1.165) is 11.1 Å². The third kappa shape index (κ3) is 5.76. The van der Waals surface area contributed by atoms with Crippen LogP contribution in [0.1, 0.15) is 56.2 Å². The number of aromatic nitrogens is 1. The topological polar surface area (TPSA) is 79.6 Å². The second kappa shape index (κ2) is 11.1.